The molecule has 3 heterocycles. The number of nitrogens with one attached hydrogen (secondary N) is 2. The number of ether oxygens (including phenoxy) is 1. The minimum atomic E-state index is -0.0816. The fourth-order valence-corrected chi connectivity index (χ4v) is 5.89. The zero-order chi connectivity index (χ0) is 27.3. The molecule has 1 aliphatic heterocycles. The maximum atomic E-state index is 13.4. The predicted molar refractivity (Wildman–Crippen MR) is 160 cm³/mol. The summed E-state index contributed by atoms with van der Waals surface area (Å²) < 4.78 is 6.13. The van der Waals surface area contributed by atoms with E-state index in [1.165, 1.54) is 27.3 Å². The van der Waals surface area contributed by atoms with Crippen LogP contribution in [0.15, 0.2) is 91.3 Å². The highest BCUT2D eigenvalue weighted by atomic mass is 16.5. The molecule has 6 rings (SSSR count). The minimum Gasteiger partial charge on any atom is -0.492 e. The van der Waals surface area contributed by atoms with Crippen molar-refractivity contribution in [3.63, 3.8) is 0 Å². The van der Waals surface area contributed by atoms with Crippen molar-refractivity contribution in [2.75, 3.05) is 26.2 Å². The Morgan fingerprint density at radius 3 is 2.75 bits per heavy atom. The number of fused-ring (bicyclic) bond motifs is 2. The third-order valence-corrected chi connectivity index (χ3v) is 7.94. The lowest BCUT2D eigenvalue weighted by Crippen LogP contribution is -2.47. The summed E-state index contributed by atoms with van der Waals surface area (Å²) in [6.45, 7) is 5.61. The predicted octanol–water partition coefficient (Wildman–Crippen LogP) is 5.90. The molecule has 0 spiro atoms. The Balaban J connectivity index is 1.12. The Morgan fingerprint density at radius 2 is 1.88 bits per heavy atom. The molecule has 1 fully saturated rings. The molecule has 1 saturated heterocycles. The third-order valence-electron chi connectivity index (χ3n) is 7.94. The molecule has 204 valence electrons. The van der Waals surface area contributed by atoms with Gasteiger partial charge in [0.25, 0.3) is 0 Å². The maximum absolute atomic E-state index is 13.4. The van der Waals surface area contributed by atoms with Crippen molar-refractivity contribution in [2.45, 2.75) is 26.3 Å². The van der Waals surface area contributed by atoms with Gasteiger partial charge in [-0.2, -0.15) is 0 Å². The number of aryl methyl sites for hydroxylation is 1. The van der Waals surface area contributed by atoms with Gasteiger partial charge in [0.1, 0.15) is 5.75 Å². The van der Waals surface area contributed by atoms with Crippen molar-refractivity contribution in [3.05, 3.63) is 108 Å². The second-order valence-corrected chi connectivity index (χ2v) is 11.0. The minimum absolute atomic E-state index is 0.0816. The van der Waals surface area contributed by atoms with Crippen molar-refractivity contribution in [2.24, 2.45) is 11.8 Å². The molecule has 2 N–H and O–H groups in total. The van der Waals surface area contributed by atoms with Gasteiger partial charge in [-0.05, 0) is 65.9 Å². The highest BCUT2D eigenvalue weighted by molar-refractivity contribution is 5.84. The lowest BCUT2D eigenvalue weighted by atomic mass is 9.88. The number of para-hydroxylation sites is 1. The number of aromatic amines is 1. The van der Waals surface area contributed by atoms with E-state index in [0.717, 1.165) is 49.4 Å². The monoisotopic (exact) mass is 532 g/mol. The largest absolute Gasteiger partial charge is 0.492 e. The Hall–Kier alpha value is -4.16. The van der Waals surface area contributed by atoms with Crippen LogP contribution in [0.2, 0.25) is 0 Å². The number of nitrogens with zero attached hydrogens (tertiary/aromatic N) is 2. The van der Waals surface area contributed by atoms with Crippen LogP contribution in [0, 0.1) is 18.8 Å². The summed E-state index contributed by atoms with van der Waals surface area (Å²) in [5.74, 6) is 1.07. The van der Waals surface area contributed by atoms with Crippen LogP contribution in [0.1, 0.15) is 23.2 Å². The molecule has 2 aromatic heterocycles. The summed E-state index contributed by atoms with van der Waals surface area (Å²) in [5, 5.41) is 6.95. The van der Waals surface area contributed by atoms with Gasteiger partial charge in [-0.15, -0.1) is 0 Å². The van der Waals surface area contributed by atoms with E-state index >= 15 is 0 Å². The highest BCUT2D eigenvalue weighted by Gasteiger charge is 2.32. The molecule has 0 saturated carbocycles. The number of H-pyrrole nitrogens is 1. The molecule has 0 aliphatic carbocycles. The van der Waals surface area contributed by atoms with Gasteiger partial charge in [0.2, 0.25) is 5.91 Å². The first-order valence-electron chi connectivity index (χ1n) is 14.2. The van der Waals surface area contributed by atoms with Gasteiger partial charge in [-0.25, -0.2) is 0 Å². The van der Waals surface area contributed by atoms with Crippen molar-refractivity contribution in [1.82, 2.24) is 20.2 Å². The van der Waals surface area contributed by atoms with Crippen LogP contribution in [0.3, 0.4) is 0 Å². The number of hydrogen-bond acceptors (Lipinski definition) is 4. The number of amides is 1. The molecule has 0 radical (unpaired) electrons. The van der Waals surface area contributed by atoms with Crippen LogP contribution < -0.4 is 10.1 Å². The molecule has 40 heavy (non-hydrogen) atoms. The second kappa shape index (κ2) is 11.9. The van der Waals surface area contributed by atoms with E-state index in [1.54, 1.807) is 6.20 Å². The van der Waals surface area contributed by atoms with Gasteiger partial charge in [0.05, 0.1) is 18.7 Å². The highest BCUT2D eigenvalue weighted by Crippen LogP contribution is 2.26. The second-order valence-electron chi connectivity index (χ2n) is 11.0. The molecule has 2 atom stereocenters. The van der Waals surface area contributed by atoms with Crippen LogP contribution in [0.4, 0.5) is 0 Å². The van der Waals surface area contributed by atoms with Crippen molar-refractivity contribution >= 4 is 27.6 Å². The standard InChI is InChI=1S/C34H36N4O2/c1-24-10-13-31(19-36-24)40-23-26-17-30(34(39)35-15-14-29-18-37-33-9-5-4-8-32(29)33)22-38(21-26)20-25-11-12-27-6-2-3-7-28(27)16-25/h2-13,16,18-19,26,30,37H,14-15,17,20-23H2,1H3,(H,35,39)/t26-,30+/m0/s1. The number of hydrogen-bond donors (Lipinski definition) is 2. The van der Waals surface area contributed by atoms with E-state index in [0.29, 0.717) is 13.2 Å². The molecule has 5 aromatic rings. The van der Waals surface area contributed by atoms with Gasteiger partial charge in [0, 0.05) is 54.9 Å². The van der Waals surface area contributed by atoms with Crippen molar-refractivity contribution in [1.29, 1.82) is 0 Å². The van der Waals surface area contributed by atoms with Crippen molar-refractivity contribution in [3.8, 4) is 5.75 Å². The number of rotatable bonds is 9. The van der Waals surface area contributed by atoms with Gasteiger partial charge in [0.15, 0.2) is 0 Å². The Labute approximate surface area is 235 Å². The van der Waals surface area contributed by atoms with E-state index in [-0.39, 0.29) is 17.7 Å². The number of piperidine rings is 1. The van der Waals surface area contributed by atoms with E-state index in [1.807, 2.05) is 25.1 Å². The topological polar surface area (TPSA) is 70.2 Å². The van der Waals surface area contributed by atoms with Gasteiger partial charge in [-0.1, -0.05) is 54.6 Å². The lowest BCUT2D eigenvalue weighted by Gasteiger charge is -2.37. The molecular formula is C34H36N4O2. The zero-order valence-corrected chi connectivity index (χ0v) is 23.0. The van der Waals surface area contributed by atoms with Crippen LogP contribution >= 0.6 is 0 Å². The van der Waals surface area contributed by atoms with E-state index in [4.69, 9.17) is 4.74 Å². The van der Waals surface area contributed by atoms with Crippen molar-refractivity contribution < 1.29 is 9.53 Å². The summed E-state index contributed by atoms with van der Waals surface area (Å²) >= 11 is 0. The summed E-state index contributed by atoms with van der Waals surface area (Å²) in [6.07, 6.45) is 5.44. The SMILES string of the molecule is Cc1ccc(OC[C@H]2C[C@@H](C(=O)NCCc3c[nH]c4ccccc34)CN(Cc3ccc4ccccc4c3)C2)cn1. The summed E-state index contributed by atoms with van der Waals surface area (Å²) in [7, 11) is 0. The number of aromatic nitrogens is 2. The molecular weight excluding hydrogens is 496 g/mol. The molecule has 1 aliphatic rings. The third kappa shape index (κ3) is 6.18. The first-order valence-corrected chi connectivity index (χ1v) is 14.2. The van der Waals surface area contributed by atoms with Gasteiger partial charge in [-0.3, -0.25) is 14.7 Å². The first kappa shape index (κ1) is 26.1. The van der Waals surface area contributed by atoms with Gasteiger partial charge < -0.3 is 15.0 Å². The molecule has 0 bridgehead atoms. The zero-order valence-electron chi connectivity index (χ0n) is 23.0. The average Bonchev–Trinajstić information content (AvgIpc) is 3.40. The number of carbonyl (C=O) groups is 1. The molecule has 0 unspecified atom stereocenters. The summed E-state index contributed by atoms with van der Waals surface area (Å²) in [5.41, 5.74) is 4.60. The normalized spacial score (nSPS) is 17.7. The van der Waals surface area contributed by atoms with Crippen LogP contribution in [-0.4, -0.2) is 47.0 Å². The smallest absolute Gasteiger partial charge is 0.224 e. The van der Waals surface area contributed by atoms with E-state index in [9.17, 15) is 4.79 Å². The average molecular weight is 533 g/mol. The number of likely N-dealkylation sites (tertiary alicyclic amines) is 1. The Morgan fingerprint density at radius 1 is 1.02 bits per heavy atom. The number of benzene rings is 3. The molecule has 3 aromatic carbocycles. The fraction of sp³-hybridized carbons (Fsp3) is 0.294. The van der Waals surface area contributed by atoms with Gasteiger partial charge >= 0.3 is 0 Å². The maximum Gasteiger partial charge on any atom is 0.224 e. The Kier molecular flexibility index (Phi) is 7.78. The quantitative estimate of drug-likeness (QED) is 0.248. The molecule has 6 nitrogen and oxygen atoms in total. The van der Waals surface area contributed by atoms with E-state index in [2.05, 4.69) is 87.0 Å². The Bertz CT molecular complexity index is 1590. The number of carbonyl (C=O) groups excluding carboxylic acids is 1. The van der Waals surface area contributed by atoms with Crippen LogP contribution in [0.5, 0.6) is 5.75 Å². The van der Waals surface area contributed by atoms with Crippen LogP contribution in [0.25, 0.3) is 21.7 Å². The molecule has 6 heteroatoms. The molecule has 1 amide bonds. The summed E-state index contributed by atoms with van der Waals surface area (Å²) in [4.78, 5) is 23.5. The van der Waals surface area contributed by atoms with Crippen LogP contribution in [-0.2, 0) is 17.8 Å². The van der Waals surface area contributed by atoms with E-state index < -0.39 is 0 Å². The summed E-state index contributed by atoms with van der Waals surface area (Å²) in [6, 6.07) is 27.3. The first-order chi connectivity index (χ1) is 19.6. The lowest BCUT2D eigenvalue weighted by molar-refractivity contribution is -0.127. The fourth-order valence-electron chi connectivity index (χ4n) is 5.89. The number of pyridine rings is 1.